The van der Waals surface area contributed by atoms with Gasteiger partial charge in [-0.25, -0.2) is 9.78 Å². The van der Waals surface area contributed by atoms with Gasteiger partial charge in [-0.15, -0.1) is 0 Å². The van der Waals surface area contributed by atoms with Crippen LogP contribution < -0.4 is 10.1 Å². The number of hydrogen-bond donors (Lipinski definition) is 1. The Bertz CT molecular complexity index is 1480. The largest absolute Gasteiger partial charge is 0.497 e. The van der Waals surface area contributed by atoms with E-state index in [2.05, 4.69) is 15.3 Å². The highest BCUT2D eigenvalue weighted by atomic mass is 32.1. The quantitative estimate of drug-likeness (QED) is 0.181. The van der Waals surface area contributed by atoms with Crippen molar-refractivity contribution in [3.63, 3.8) is 0 Å². The van der Waals surface area contributed by atoms with Gasteiger partial charge in [0, 0.05) is 23.5 Å². The van der Waals surface area contributed by atoms with Gasteiger partial charge in [0.1, 0.15) is 17.8 Å². The maximum atomic E-state index is 13.4. The van der Waals surface area contributed by atoms with Crippen LogP contribution in [-0.4, -0.2) is 40.5 Å². The van der Waals surface area contributed by atoms with Crippen molar-refractivity contribution in [2.45, 2.75) is 6.10 Å². The normalized spacial score (nSPS) is 15.2. The Morgan fingerprint density at radius 1 is 1.09 bits per heavy atom. The van der Waals surface area contributed by atoms with Gasteiger partial charge in [-0.05, 0) is 36.4 Å². The molecule has 2 aromatic heterocycles. The maximum absolute atomic E-state index is 13.4. The summed E-state index contributed by atoms with van der Waals surface area (Å²) in [6.07, 6.45) is 1.56. The van der Waals surface area contributed by atoms with Gasteiger partial charge in [-0.2, -0.15) is 0 Å². The van der Waals surface area contributed by atoms with Gasteiger partial charge in [0.25, 0.3) is 5.91 Å². The highest BCUT2D eigenvalue weighted by Crippen LogP contribution is 2.38. The molecular formula is C25H17N3O6S. The fourth-order valence-corrected chi connectivity index (χ4v) is 4.79. The van der Waals surface area contributed by atoms with Gasteiger partial charge < -0.3 is 9.47 Å². The number of carbonyl (C=O) groups excluding carboxylic acids is 4. The Kier molecular flexibility index (Phi) is 5.79. The minimum absolute atomic E-state index is 0.165. The second kappa shape index (κ2) is 9.07. The van der Waals surface area contributed by atoms with E-state index in [4.69, 9.17) is 9.47 Å². The van der Waals surface area contributed by atoms with E-state index >= 15 is 0 Å². The van der Waals surface area contributed by atoms with Crippen molar-refractivity contribution in [3.8, 4) is 5.75 Å². The molecule has 0 saturated heterocycles. The lowest BCUT2D eigenvalue weighted by Gasteiger charge is -2.20. The second-order valence-electron chi connectivity index (χ2n) is 7.66. The number of ether oxygens (including phenoxy) is 2. The van der Waals surface area contributed by atoms with E-state index in [0.29, 0.717) is 16.8 Å². The van der Waals surface area contributed by atoms with Gasteiger partial charge in [0.05, 0.1) is 22.9 Å². The average Bonchev–Trinajstić information content (AvgIpc) is 3.44. The number of thiazole rings is 1. The standard InChI is InChI=1S/C25H17N3O6S/c1-33-14-6-7-17-18(12-14)35-25(27-17)28-23(31)21(30)19(20(29)13-8-10-26-11-9-13)22-15-4-2-3-5-16(15)24(32)34-22/h2-12,19,22H,1H3,(H,27,28,31)/t19-,22+/m1/s1. The first-order chi connectivity index (χ1) is 17.0. The van der Waals surface area contributed by atoms with Gasteiger partial charge in [-0.3, -0.25) is 24.7 Å². The molecule has 10 heteroatoms. The Morgan fingerprint density at radius 2 is 1.86 bits per heavy atom. The molecule has 1 aliphatic heterocycles. The number of carbonyl (C=O) groups is 4. The number of aromatic nitrogens is 2. The molecule has 1 amide bonds. The molecule has 174 valence electrons. The van der Waals surface area contributed by atoms with Crippen LogP contribution in [0.15, 0.2) is 67.0 Å². The molecule has 5 rings (SSSR count). The predicted octanol–water partition coefficient (Wildman–Crippen LogP) is 3.62. The summed E-state index contributed by atoms with van der Waals surface area (Å²) in [5.74, 6) is -4.36. The van der Waals surface area contributed by atoms with E-state index in [1.54, 1.807) is 42.5 Å². The van der Waals surface area contributed by atoms with Gasteiger partial charge >= 0.3 is 5.97 Å². The number of anilines is 1. The van der Waals surface area contributed by atoms with Crippen molar-refractivity contribution in [1.29, 1.82) is 0 Å². The smallest absolute Gasteiger partial charge is 0.339 e. The van der Waals surface area contributed by atoms with E-state index in [-0.39, 0.29) is 16.3 Å². The number of amides is 1. The first-order valence-electron chi connectivity index (χ1n) is 10.5. The molecule has 1 N–H and O–H groups in total. The highest BCUT2D eigenvalue weighted by Gasteiger charge is 2.46. The molecular weight excluding hydrogens is 470 g/mol. The van der Waals surface area contributed by atoms with Crippen LogP contribution in [-0.2, 0) is 14.3 Å². The van der Waals surface area contributed by atoms with E-state index in [0.717, 1.165) is 16.0 Å². The number of benzene rings is 2. The first-order valence-corrected chi connectivity index (χ1v) is 11.3. The van der Waals surface area contributed by atoms with Crippen LogP contribution in [0.25, 0.3) is 10.2 Å². The van der Waals surface area contributed by atoms with Crippen LogP contribution in [0.4, 0.5) is 5.13 Å². The predicted molar refractivity (Wildman–Crippen MR) is 126 cm³/mol. The third kappa shape index (κ3) is 4.15. The number of cyclic esters (lactones) is 1. The van der Waals surface area contributed by atoms with E-state index in [9.17, 15) is 19.2 Å². The molecule has 0 fully saturated rings. The third-order valence-electron chi connectivity index (χ3n) is 5.59. The minimum Gasteiger partial charge on any atom is -0.497 e. The molecule has 0 radical (unpaired) electrons. The van der Waals surface area contributed by atoms with Crippen LogP contribution >= 0.6 is 11.3 Å². The monoisotopic (exact) mass is 487 g/mol. The number of esters is 1. The Hall–Kier alpha value is -4.44. The number of methoxy groups -OCH3 is 1. The van der Waals surface area contributed by atoms with Gasteiger partial charge in [0.15, 0.2) is 10.9 Å². The summed E-state index contributed by atoms with van der Waals surface area (Å²) in [6.45, 7) is 0. The maximum Gasteiger partial charge on any atom is 0.339 e. The number of Topliss-reactive ketones (excluding diaryl/α,β-unsaturated/α-hetero) is 2. The molecule has 0 saturated carbocycles. The summed E-state index contributed by atoms with van der Waals surface area (Å²) in [5, 5.41) is 2.67. The zero-order valence-corrected chi connectivity index (χ0v) is 19.1. The Labute approximate surface area is 202 Å². The summed E-state index contributed by atoms with van der Waals surface area (Å²) < 4.78 is 11.4. The van der Waals surface area contributed by atoms with E-state index in [1.807, 2.05) is 0 Å². The fraction of sp³-hybridized carbons (Fsp3) is 0.120. The summed E-state index contributed by atoms with van der Waals surface area (Å²) in [7, 11) is 1.54. The third-order valence-corrected chi connectivity index (χ3v) is 6.53. The van der Waals surface area contributed by atoms with Crippen molar-refractivity contribution < 1.29 is 28.7 Å². The number of pyridine rings is 1. The van der Waals surface area contributed by atoms with Crippen LogP contribution in [0.5, 0.6) is 5.75 Å². The van der Waals surface area contributed by atoms with Crippen molar-refractivity contribution in [2.24, 2.45) is 5.92 Å². The number of rotatable bonds is 7. The molecule has 0 unspecified atom stereocenters. The van der Waals surface area contributed by atoms with Crippen LogP contribution in [0.3, 0.4) is 0 Å². The molecule has 0 bridgehead atoms. The molecule has 3 heterocycles. The SMILES string of the molecule is COc1ccc2nc(NC(=O)C(=O)[C@@H](C(=O)c3ccncc3)[C@H]3OC(=O)c4ccccc43)sc2c1. The van der Waals surface area contributed by atoms with Crippen LogP contribution in [0.2, 0.25) is 0 Å². The van der Waals surface area contributed by atoms with Gasteiger partial charge in [-0.1, -0.05) is 29.5 Å². The lowest BCUT2D eigenvalue weighted by molar-refractivity contribution is -0.138. The summed E-state index contributed by atoms with van der Waals surface area (Å²) >= 11 is 1.16. The number of fused-ring (bicyclic) bond motifs is 2. The van der Waals surface area contributed by atoms with Crippen LogP contribution in [0, 0.1) is 5.92 Å². The number of ketones is 2. The Balaban J connectivity index is 1.48. The highest BCUT2D eigenvalue weighted by molar-refractivity contribution is 7.22. The molecule has 4 aromatic rings. The van der Waals surface area contributed by atoms with E-state index in [1.165, 1.54) is 31.6 Å². The van der Waals surface area contributed by atoms with Crippen LogP contribution in [0.1, 0.15) is 32.4 Å². The zero-order chi connectivity index (χ0) is 24.5. The van der Waals surface area contributed by atoms with Crippen molar-refractivity contribution >= 4 is 50.1 Å². The molecule has 9 nitrogen and oxygen atoms in total. The van der Waals surface area contributed by atoms with Crippen molar-refractivity contribution in [1.82, 2.24) is 9.97 Å². The van der Waals surface area contributed by atoms with Crippen molar-refractivity contribution in [2.75, 3.05) is 12.4 Å². The Morgan fingerprint density at radius 3 is 2.63 bits per heavy atom. The molecule has 0 aliphatic carbocycles. The molecule has 35 heavy (non-hydrogen) atoms. The number of nitrogens with one attached hydrogen (secondary N) is 1. The fourth-order valence-electron chi connectivity index (χ4n) is 3.90. The zero-order valence-electron chi connectivity index (χ0n) is 18.3. The first kappa shape index (κ1) is 22.4. The molecule has 2 atom stereocenters. The number of nitrogens with zero attached hydrogens (tertiary/aromatic N) is 2. The molecule has 0 spiro atoms. The minimum atomic E-state index is -1.58. The summed E-state index contributed by atoms with van der Waals surface area (Å²) in [6, 6.07) is 14.6. The topological polar surface area (TPSA) is 125 Å². The van der Waals surface area contributed by atoms with Crippen molar-refractivity contribution in [3.05, 3.63) is 83.7 Å². The summed E-state index contributed by atoms with van der Waals surface area (Å²) in [4.78, 5) is 60.4. The average molecular weight is 487 g/mol. The second-order valence-corrected chi connectivity index (χ2v) is 8.69. The number of hydrogen-bond acceptors (Lipinski definition) is 9. The van der Waals surface area contributed by atoms with Gasteiger partial charge in [0.2, 0.25) is 5.78 Å². The molecule has 1 aliphatic rings. The lowest BCUT2D eigenvalue weighted by atomic mass is 9.85. The lowest BCUT2D eigenvalue weighted by Crippen LogP contribution is -2.38. The summed E-state index contributed by atoms with van der Waals surface area (Å²) in [5.41, 5.74) is 1.40. The van der Waals surface area contributed by atoms with E-state index < -0.39 is 35.5 Å². The molecule has 2 aromatic carbocycles.